The molecule has 0 spiro atoms. The third-order valence-electron chi connectivity index (χ3n) is 13.0. The Morgan fingerprint density at radius 1 is 0.463 bits per heavy atom. The average Bonchev–Trinajstić information content (AvgIpc) is 3.33. The molecule has 0 radical (unpaired) electrons. The Morgan fingerprint density at radius 3 is 1.60 bits per heavy atom. The van der Waals surface area contributed by atoms with Gasteiger partial charge in [0, 0.05) is 32.5 Å². The molecule has 67 heavy (non-hydrogen) atoms. The van der Waals surface area contributed by atoms with Gasteiger partial charge in [0.1, 0.15) is 6.10 Å². The third kappa shape index (κ3) is 39.8. The number of carbonyl (C=O) groups is 3. The second-order valence-corrected chi connectivity index (χ2v) is 19.1. The SMILES string of the molecule is CCCCCCCCCC(=O)OCCCCN(CCCCOC(=O)OC(CCCCCC)CCCC(=O)OCC(CCCCC)CCCCC)CCN(CC)CCCCOCc1ccccc1. The van der Waals surface area contributed by atoms with Gasteiger partial charge in [0.05, 0.1) is 26.4 Å². The molecule has 0 saturated carbocycles. The van der Waals surface area contributed by atoms with E-state index in [1.165, 1.54) is 76.2 Å². The van der Waals surface area contributed by atoms with E-state index >= 15 is 0 Å². The highest BCUT2D eigenvalue weighted by Gasteiger charge is 2.18. The maximum atomic E-state index is 12.9. The molecule has 1 atom stereocenters. The summed E-state index contributed by atoms with van der Waals surface area (Å²) < 4.78 is 28.8. The van der Waals surface area contributed by atoms with Crippen LogP contribution < -0.4 is 0 Å². The lowest BCUT2D eigenvalue weighted by molar-refractivity contribution is -0.145. The molecule has 0 bridgehead atoms. The van der Waals surface area contributed by atoms with Gasteiger partial charge >= 0.3 is 18.1 Å². The van der Waals surface area contributed by atoms with Gasteiger partial charge in [-0.25, -0.2) is 4.79 Å². The van der Waals surface area contributed by atoms with E-state index in [1.54, 1.807) is 0 Å². The first-order chi connectivity index (χ1) is 32.8. The molecule has 1 unspecified atom stereocenters. The number of benzene rings is 1. The minimum absolute atomic E-state index is 0.0644. The van der Waals surface area contributed by atoms with Crippen molar-refractivity contribution in [3.63, 3.8) is 0 Å². The summed E-state index contributed by atoms with van der Waals surface area (Å²) in [5.74, 6) is 0.244. The van der Waals surface area contributed by atoms with E-state index in [9.17, 15) is 14.4 Å². The van der Waals surface area contributed by atoms with E-state index in [2.05, 4.69) is 68.7 Å². The van der Waals surface area contributed by atoms with E-state index in [4.69, 9.17) is 23.7 Å². The maximum Gasteiger partial charge on any atom is 0.508 e. The van der Waals surface area contributed by atoms with Crippen molar-refractivity contribution in [2.75, 3.05) is 65.7 Å². The fraction of sp³-hybridized carbons (Fsp3) is 0.842. The van der Waals surface area contributed by atoms with E-state index in [-0.39, 0.29) is 18.0 Å². The molecule has 1 aromatic carbocycles. The predicted octanol–water partition coefficient (Wildman–Crippen LogP) is 14.8. The van der Waals surface area contributed by atoms with Crippen LogP contribution in [0, 0.1) is 5.92 Å². The lowest BCUT2D eigenvalue weighted by atomic mass is 9.96. The molecule has 0 aliphatic heterocycles. The zero-order chi connectivity index (χ0) is 48.7. The second kappa shape index (κ2) is 47.0. The molecule has 10 heteroatoms. The topological polar surface area (TPSA) is 104 Å². The first kappa shape index (κ1) is 62.3. The fourth-order valence-corrected chi connectivity index (χ4v) is 8.53. The van der Waals surface area contributed by atoms with Crippen molar-refractivity contribution < 1.29 is 38.1 Å². The van der Waals surface area contributed by atoms with Crippen LogP contribution in [-0.4, -0.2) is 99.7 Å². The largest absolute Gasteiger partial charge is 0.508 e. The van der Waals surface area contributed by atoms with Crippen LogP contribution >= 0.6 is 0 Å². The Bertz CT molecular complexity index is 1240. The van der Waals surface area contributed by atoms with Gasteiger partial charge in [0.15, 0.2) is 0 Å². The maximum absolute atomic E-state index is 12.9. The molecule has 390 valence electrons. The molecular formula is C57H104N2O8. The van der Waals surface area contributed by atoms with Gasteiger partial charge in [0.25, 0.3) is 0 Å². The first-order valence-corrected chi connectivity index (χ1v) is 28.1. The molecule has 0 saturated heterocycles. The molecule has 0 aliphatic rings. The molecule has 0 heterocycles. The number of esters is 2. The second-order valence-electron chi connectivity index (χ2n) is 19.1. The third-order valence-corrected chi connectivity index (χ3v) is 13.0. The van der Waals surface area contributed by atoms with Crippen molar-refractivity contribution in [3.05, 3.63) is 35.9 Å². The lowest BCUT2D eigenvalue weighted by Gasteiger charge is -2.27. The average molecular weight is 945 g/mol. The van der Waals surface area contributed by atoms with Crippen LogP contribution in [0.3, 0.4) is 0 Å². The van der Waals surface area contributed by atoms with Crippen molar-refractivity contribution in [1.82, 2.24) is 9.80 Å². The van der Waals surface area contributed by atoms with Crippen LogP contribution in [0.5, 0.6) is 0 Å². The van der Waals surface area contributed by atoms with Gasteiger partial charge < -0.3 is 33.5 Å². The number of hydrogen-bond acceptors (Lipinski definition) is 10. The van der Waals surface area contributed by atoms with E-state index in [0.29, 0.717) is 58.0 Å². The van der Waals surface area contributed by atoms with Crippen LogP contribution in [0.1, 0.15) is 233 Å². The van der Waals surface area contributed by atoms with Crippen LogP contribution in [0.2, 0.25) is 0 Å². The minimum atomic E-state index is -0.604. The van der Waals surface area contributed by atoms with E-state index in [1.807, 2.05) is 6.07 Å². The summed E-state index contributed by atoms with van der Waals surface area (Å²) in [5.41, 5.74) is 1.21. The van der Waals surface area contributed by atoms with Gasteiger partial charge in [-0.2, -0.15) is 0 Å². The quantitative estimate of drug-likeness (QED) is 0.0356. The van der Waals surface area contributed by atoms with Crippen molar-refractivity contribution in [2.24, 2.45) is 5.92 Å². The number of nitrogens with zero attached hydrogens (tertiary/aromatic N) is 2. The van der Waals surface area contributed by atoms with Gasteiger partial charge in [-0.15, -0.1) is 0 Å². The summed E-state index contributed by atoms with van der Waals surface area (Å²) in [4.78, 5) is 43.1. The Balaban J connectivity index is 2.57. The first-order valence-electron chi connectivity index (χ1n) is 28.1. The molecule has 10 nitrogen and oxygen atoms in total. The molecule has 0 N–H and O–H groups in total. The highest BCUT2D eigenvalue weighted by Crippen LogP contribution is 2.20. The lowest BCUT2D eigenvalue weighted by Crippen LogP contribution is -2.37. The minimum Gasteiger partial charge on any atom is -0.466 e. The summed E-state index contributed by atoms with van der Waals surface area (Å²) in [7, 11) is 0. The van der Waals surface area contributed by atoms with Crippen LogP contribution in [-0.2, 0) is 39.9 Å². The Kier molecular flexibility index (Phi) is 43.7. The van der Waals surface area contributed by atoms with E-state index in [0.717, 1.165) is 142 Å². The molecular weight excluding hydrogens is 841 g/mol. The van der Waals surface area contributed by atoms with Gasteiger partial charge in [0.2, 0.25) is 0 Å². The summed E-state index contributed by atoms with van der Waals surface area (Å²) in [6.07, 6.45) is 30.0. The van der Waals surface area contributed by atoms with Crippen molar-refractivity contribution in [1.29, 1.82) is 0 Å². The molecule has 0 aromatic heterocycles. The Hall–Kier alpha value is -2.69. The number of carbonyl (C=O) groups excluding carboxylic acids is 3. The zero-order valence-electron chi connectivity index (χ0n) is 44.2. The van der Waals surface area contributed by atoms with E-state index < -0.39 is 6.16 Å². The predicted molar refractivity (Wildman–Crippen MR) is 277 cm³/mol. The van der Waals surface area contributed by atoms with Crippen LogP contribution in [0.4, 0.5) is 4.79 Å². The number of unbranched alkanes of at least 4 members (excludes halogenated alkanes) is 16. The van der Waals surface area contributed by atoms with Crippen LogP contribution in [0.25, 0.3) is 0 Å². The molecule has 0 amide bonds. The fourth-order valence-electron chi connectivity index (χ4n) is 8.53. The number of ether oxygens (including phenoxy) is 5. The smallest absolute Gasteiger partial charge is 0.466 e. The summed E-state index contributed by atoms with van der Waals surface area (Å²) in [6, 6.07) is 10.3. The molecule has 1 rings (SSSR count). The Labute approximate surface area is 412 Å². The zero-order valence-corrected chi connectivity index (χ0v) is 44.2. The molecule has 0 aliphatic carbocycles. The molecule has 0 fully saturated rings. The summed E-state index contributed by atoms with van der Waals surface area (Å²) in [6.45, 7) is 19.7. The van der Waals surface area contributed by atoms with Gasteiger partial charge in [-0.1, -0.05) is 161 Å². The number of hydrogen-bond donors (Lipinski definition) is 0. The summed E-state index contributed by atoms with van der Waals surface area (Å²) >= 11 is 0. The van der Waals surface area contributed by atoms with Crippen molar-refractivity contribution >= 4 is 18.1 Å². The number of rotatable bonds is 49. The van der Waals surface area contributed by atoms with Gasteiger partial charge in [-0.3, -0.25) is 9.59 Å². The Morgan fingerprint density at radius 2 is 0.955 bits per heavy atom. The standard InChI is InChI=1S/C57H104N2O8/c1-6-11-15-17-18-19-26-40-55(60)64-48-31-28-43-59(46-45-58(10-5)42-27-30-47-63-50-52-36-23-20-24-37-52)44-29-32-49-65-57(62)67-54(38-25-16-12-7-2)39-33-41-56(61)66-51-53(34-21-13-8-3)35-22-14-9-4/h20,23-24,36-37,53-54H,6-19,21-22,25-35,38-51H2,1-5H3. The number of likely N-dealkylation sites (N-methyl/N-ethyl adjacent to an activating group) is 1. The highest BCUT2D eigenvalue weighted by molar-refractivity contribution is 5.69. The monoisotopic (exact) mass is 945 g/mol. The normalized spacial score (nSPS) is 12.0. The van der Waals surface area contributed by atoms with Crippen molar-refractivity contribution in [3.8, 4) is 0 Å². The van der Waals surface area contributed by atoms with Crippen LogP contribution in [0.15, 0.2) is 30.3 Å². The summed E-state index contributed by atoms with van der Waals surface area (Å²) in [5, 5.41) is 0. The molecule has 1 aromatic rings. The highest BCUT2D eigenvalue weighted by atomic mass is 16.7. The van der Waals surface area contributed by atoms with Crippen molar-refractivity contribution in [2.45, 2.75) is 240 Å². The van der Waals surface area contributed by atoms with Gasteiger partial charge in [-0.05, 0) is 121 Å².